The first kappa shape index (κ1) is 23.6. The fourth-order valence-electron chi connectivity index (χ4n) is 8.90. The van der Waals surface area contributed by atoms with Gasteiger partial charge in [0, 0.05) is 17.0 Å². The van der Waals surface area contributed by atoms with E-state index in [0.717, 1.165) is 35.5 Å². The van der Waals surface area contributed by atoms with E-state index in [1.165, 1.54) is 75.1 Å². The SMILES string of the molecule is CO[C@H]1CC[C@@]2(CI)C(=CC[C@@H]3[C@@H]2CC[C@]2(C)[C@@H]([C@@H](C)CCCC(C)C)CC[C@@H]32)C1. The first-order chi connectivity index (χ1) is 14.4. The summed E-state index contributed by atoms with van der Waals surface area (Å²) >= 11 is 2.74. The monoisotopic (exact) mass is 526 g/mol. The third-order valence-corrected chi connectivity index (χ3v) is 11.9. The molecule has 3 saturated carbocycles. The molecule has 4 aliphatic rings. The van der Waals surface area contributed by atoms with Crippen LogP contribution in [-0.4, -0.2) is 17.6 Å². The van der Waals surface area contributed by atoms with Gasteiger partial charge in [-0.1, -0.05) is 81.2 Å². The first-order valence-corrected chi connectivity index (χ1v) is 14.7. The lowest BCUT2D eigenvalue weighted by atomic mass is 9.47. The molecule has 0 aliphatic heterocycles. The number of ether oxygens (including phenoxy) is 1. The average molecular weight is 527 g/mol. The van der Waals surface area contributed by atoms with Gasteiger partial charge in [0.25, 0.3) is 0 Å². The van der Waals surface area contributed by atoms with Crippen LogP contribution < -0.4 is 0 Å². The largest absolute Gasteiger partial charge is 0.381 e. The summed E-state index contributed by atoms with van der Waals surface area (Å²) in [6.07, 6.45) is 18.7. The van der Waals surface area contributed by atoms with E-state index in [1.54, 1.807) is 5.57 Å². The molecule has 0 aromatic rings. The van der Waals surface area contributed by atoms with Crippen LogP contribution in [0.3, 0.4) is 0 Å². The zero-order valence-corrected chi connectivity index (χ0v) is 22.5. The Labute approximate surface area is 200 Å². The highest BCUT2D eigenvalue weighted by molar-refractivity contribution is 14.1. The molecule has 4 aliphatic carbocycles. The fraction of sp³-hybridized carbons (Fsp3) is 0.929. The third kappa shape index (κ3) is 3.97. The quantitative estimate of drug-likeness (QED) is 0.184. The predicted octanol–water partition coefficient (Wildman–Crippen LogP) is 8.46. The molecule has 3 fully saturated rings. The van der Waals surface area contributed by atoms with Crippen molar-refractivity contribution in [1.82, 2.24) is 0 Å². The van der Waals surface area contributed by atoms with Crippen molar-refractivity contribution >= 4 is 22.6 Å². The van der Waals surface area contributed by atoms with Gasteiger partial charge in [0.1, 0.15) is 0 Å². The highest BCUT2D eigenvalue weighted by Gasteiger charge is 2.59. The van der Waals surface area contributed by atoms with Crippen molar-refractivity contribution in [2.75, 3.05) is 11.5 Å². The van der Waals surface area contributed by atoms with Crippen molar-refractivity contribution < 1.29 is 4.74 Å². The lowest BCUT2D eigenvalue weighted by molar-refractivity contribution is -0.0577. The lowest BCUT2D eigenvalue weighted by Gasteiger charge is -2.59. The number of fused-ring (bicyclic) bond motifs is 5. The van der Waals surface area contributed by atoms with Gasteiger partial charge in [-0.05, 0) is 92.3 Å². The summed E-state index contributed by atoms with van der Waals surface area (Å²) in [7, 11) is 1.92. The minimum atomic E-state index is 0.472. The van der Waals surface area contributed by atoms with Crippen molar-refractivity contribution in [3.63, 3.8) is 0 Å². The number of allylic oxidation sites excluding steroid dienone is 1. The Kier molecular flexibility index (Phi) is 7.35. The maximum atomic E-state index is 5.80. The zero-order valence-electron chi connectivity index (χ0n) is 20.4. The standard InChI is InChI=1S/C28H47IO/c1-19(2)7-6-8-20(3)24-11-12-25-23-10-9-21-17-22(30-5)13-16-28(21,18-29)26(23)14-15-27(24,25)4/h9,19-20,22-26H,6-8,10-18H2,1-5H3/t20-,22-,23-,24+,25-,26-,27+,28+/m0/s1. The van der Waals surface area contributed by atoms with E-state index in [2.05, 4.69) is 56.4 Å². The maximum absolute atomic E-state index is 5.80. The second-order valence-electron chi connectivity index (χ2n) is 12.3. The molecule has 0 N–H and O–H groups in total. The van der Waals surface area contributed by atoms with Crippen LogP contribution in [0.15, 0.2) is 11.6 Å². The van der Waals surface area contributed by atoms with Gasteiger partial charge in [-0.3, -0.25) is 0 Å². The summed E-state index contributed by atoms with van der Waals surface area (Å²) in [6, 6.07) is 0. The van der Waals surface area contributed by atoms with E-state index in [1.807, 2.05) is 7.11 Å². The summed E-state index contributed by atoms with van der Waals surface area (Å²) in [5, 5.41) is 0. The van der Waals surface area contributed by atoms with Crippen LogP contribution in [0.1, 0.15) is 98.3 Å². The summed E-state index contributed by atoms with van der Waals surface area (Å²) in [6.45, 7) is 10.1. The second-order valence-corrected chi connectivity index (χ2v) is 13.0. The molecule has 30 heavy (non-hydrogen) atoms. The highest BCUT2D eigenvalue weighted by Crippen LogP contribution is 2.67. The molecular formula is C28H47IO. The molecule has 0 bridgehead atoms. The molecule has 0 heterocycles. The topological polar surface area (TPSA) is 9.23 Å². The van der Waals surface area contributed by atoms with Gasteiger partial charge in [0.05, 0.1) is 6.10 Å². The number of hydrogen-bond acceptors (Lipinski definition) is 1. The number of rotatable bonds is 7. The number of methoxy groups -OCH3 is 1. The van der Waals surface area contributed by atoms with E-state index in [4.69, 9.17) is 4.74 Å². The van der Waals surface area contributed by atoms with Gasteiger partial charge in [-0.25, -0.2) is 0 Å². The number of hydrogen-bond donors (Lipinski definition) is 0. The third-order valence-electron chi connectivity index (χ3n) is 10.6. The molecule has 0 spiro atoms. The molecule has 8 atom stereocenters. The van der Waals surface area contributed by atoms with Crippen molar-refractivity contribution in [3.8, 4) is 0 Å². The average Bonchev–Trinajstić information content (AvgIpc) is 3.09. The molecule has 4 rings (SSSR count). The van der Waals surface area contributed by atoms with Crippen LogP contribution >= 0.6 is 22.6 Å². The molecule has 0 aromatic heterocycles. The van der Waals surface area contributed by atoms with Crippen LogP contribution in [0.5, 0.6) is 0 Å². The smallest absolute Gasteiger partial charge is 0.0609 e. The molecule has 2 heteroatoms. The van der Waals surface area contributed by atoms with Crippen LogP contribution in [-0.2, 0) is 4.74 Å². The molecule has 0 saturated heterocycles. The van der Waals surface area contributed by atoms with E-state index < -0.39 is 0 Å². The van der Waals surface area contributed by atoms with Crippen molar-refractivity contribution in [3.05, 3.63) is 11.6 Å². The van der Waals surface area contributed by atoms with E-state index >= 15 is 0 Å². The van der Waals surface area contributed by atoms with Crippen molar-refractivity contribution in [1.29, 1.82) is 0 Å². The van der Waals surface area contributed by atoms with Crippen molar-refractivity contribution in [2.24, 2.45) is 46.3 Å². The highest BCUT2D eigenvalue weighted by atomic mass is 127. The summed E-state index contributed by atoms with van der Waals surface area (Å²) < 4.78 is 7.12. The fourth-order valence-corrected chi connectivity index (χ4v) is 10.3. The molecule has 172 valence electrons. The Balaban J connectivity index is 1.51. The Morgan fingerprint density at radius 1 is 1.07 bits per heavy atom. The van der Waals surface area contributed by atoms with E-state index in [0.29, 0.717) is 16.9 Å². The molecule has 0 amide bonds. The normalized spacial score (nSPS) is 44.2. The number of halogens is 1. The van der Waals surface area contributed by atoms with Gasteiger partial charge in [0.2, 0.25) is 0 Å². The van der Waals surface area contributed by atoms with E-state index in [9.17, 15) is 0 Å². The Morgan fingerprint density at radius 3 is 2.57 bits per heavy atom. The van der Waals surface area contributed by atoms with Gasteiger partial charge in [-0.15, -0.1) is 0 Å². The lowest BCUT2D eigenvalue weighted by Crippen LogP contribution is -2.52. The van der Waals surface area contributed by atoms with Crippen LogP contribution in [0.2, 0.25) is 0 Å². The minimum absolute atomic E-state index is 0.472. The molecule has 0 radical (unpaired) electrons. The Morgan fingerprint density at radius 2 is 1.87 bits per heavy atom. The van der Waals surface area contributed by atoms with Gasteiger partial charge < -0.3 is 4.74 Å². The number of alkyl halides is 1. The predicted molar refractivity (Wildman–Crippen MR) is 137 cm³/mol. The first-order valence-electron chi connectivity index (χ1n) is 13.1. The zero-order chi connectivity index (χ0) is 21.5. The Hall–Kier alpha value is 0.430. The van der Waals surface area contributed by atoms with Crippen LogP contribution in [0.25, 0.3) is 0 Å². The molecule has 0 unspecified atom stereocenters. The van der Waals surface area contributed by atoms with Crippen molar-refractivity contribution in [2.45, 2.75) is 104 Å². The summed E-state index contributed by atoms with van der Waals surface area (Å²) in [5.41, 5.74) is 2.90. The molecule has 0 aromatic carbocycles. The van der Waals surface area contributed by atoms with Gasteiger partial charge >= 0.3 is 0 Å². The van der Waals surface area contributed by atoms with Gasteiger partial charge in [-0.2, -0.15) is 0 Å². The summed E-state index contributed by atoms with van der Waals surface area (Å²) in [5.74, 6) is 5.63. The maximum Gasteiger partial charge on any atom is 0.0609 e. The van der Waals surface area contributed by atoms with Crippen LogP contribution in [0, 0.1) is 46.3 Å². The minimum Gasteiger partial charge on any atom is -0.381 e. The van der Waals surface area contributed by atoms with Gasteiger partial charge in [0.15, 0.2) is 0 Å². The van der Waals surface area contributed by atoms with Crippen LogP contribution in [0.4, 0.5) is 0 Å². The van der Waals surface area contributed by atoms with E-state index in [-0.39, 0.29) is 0 Å². The molecular weight excluding hydrogens is 479 g/mol. The second kappa shape index (κ2) is 9.35. The molecule has 1 nitrogen and oxygen atoms in total. The summed E-state index contributed by atoms with van der Waals surface area (Å²) in [4.78, 5) is 0. The Bertz CT molecular complexity index is 626.